The summed E-state index contributed by atoms with van der Waals surface area (Å²) in [6, 6.07) is 0. The zero-order valence-corrected chi connectivity index (χ0v) is 15.3. The number of aryl methyl sites for hydroxylation is 1. The van der Waals surface area contributed by atoms with Gasteiger partial charge >= 0.3 is 0 Å². The van der Waals surface area contributed by atoms with Crippen LogP contribution in [0, 0.1) is 12.8 Å². The Morgan fingerprint density at radius 1 is 1.08 bits per heavy atom. The van der Waals surface area contributed by atoms with Gasteiger partial charge in [-0.2, -0.15) is 0 Å². The van der Waals surface area contributed by atoms with E-state index in [0.29, 0.717) is 29.8 Å². The molecule has 0 N–H and O–H groups in total. The van der Waals surface area contributed by atoms with Gasteiger partial charge in [-0.1, -0.05) is 13.8 Å². The summed E-state index contributed by atoms with van der Waals surface area (Å²) in [6.45, 7) is 11.5. The zero-order valence-electron chi connectivity index (χ0n) is 15.3. The van der Waals surface area contributed by atoms with Crippen LogP contribution in [0.4, 0.5) is 0 Å². The van der Waals surface area contributed by atoms with Crippen molar-refractivity contribution in [1.82, 2.24) is 4.98 Å². The Bertz CT molecular complexity index is 834. The molecule has 3 heteroatoms. The van der Waals surface area contributed by atoms with Crippen LogP contribution in [-0.4, -0.2) is 16.7 Å². The van der Waals surface area contributed by atoms with Gasteiger partial charge in [0.05, 0.1) is 11.7 Å². The molecule has 3 aliphatic rings. The second-order valence-electron chi connectivity index (χ2n) is 8.94. The van der Waals surface area contributed by atoms with Gasteiger partial charge in [-0.3, -0.25) is 0 Å². The van der Waals surface area contributed by atoms with Crippen LogP contribution in [0.15, 0.2) is 10.8 Å². The molecule has 128 valence electrons. The maximum Gasteiger partial charge on any atom is 0.182 e. The van der Waals surface area contributed by atoms with E-state index in [9.17, 15) is 0 Å². The molecule has 3 nitrogen and oxygen atoms in total. The molecule has 0 saturated carbocycles. The Morgan fingerprint density at radius 2 is 1.83 bits per heavy atom. The first kappa shape index (κ1) is 14.9. The van der Waals surface area contributed by atoms with Crippen molar-refractivity contribution < 1.29 is 9.15 Å². The molecule has 0 spiro atoms. The van der Waals surface area contributed by atoms with E-state index in [1.165, 1.54) is 30.4 Å². The fraction of sp³-hybridized carbons (Fsp3) is 0.667. The van der Waals surface area contributed by atoms with Crippen molar-refractivity contribution in [2.24, 2.45) is 5.92 Å². The highest BCUT2D eigenvalue weighted by atomic mass is 16.6. The average Bonchev–Trinajstić information content (AvgIpc) is 2.95. The van der Waals surface area contributed by atoms with Crippen molar-refractivity contribution in [3.05, 3.63) is 28.6 Å². The van der Waals surface area contributed by atoms with Gasteiger partial charge in [-0.05, 0) is 74.5 Å². The topological polar surface area (TPSA) is 38.6 Å². The van der Waals surface area contributed by atoms with Crippen molar-refractivity contribution in [2.45, 2.75) is 83.3 Å². The Balaban J connectivity index is 1.83. The van der Waals surface area contributed by atoms with Gasteiger partial charge in [0.1, 0.15) is 5.52 Å². The summed E-state index contributed by atoms with van der Waals surface area (Å²) >= 11 is 0. The van der Waals surface area contributed by atoms with Gasteiger partial charge in [0.15, 0.2) is 12.0 Å². The quantitative estimate of drug-likeness (QED) is 0.657. The minimum atomic E-state index is 0.0234. The molecule has 0 radical (unpaired) electrons. The summed E-state index contributed by atoms with van der Waals surface area (Å²) < 4.78 is 12.0. The number of oxazole rings is 1. The lowest BCUT2D eigenvalue weighted by atomic mass is 9.61. The van der Waals surface area contributed by atoms with Crippen LogP contribution >= 0.6 is 0 Å². The van der Waals surface area contributed by atoms with E-state index in [1.54, 1.807) is 17.5 Å². The molecular weight excluding hydrogens is 298 g/mol. The zero-order chi connectivity index (χ0) is 16.8. The highest BCUT2D eigenvalue weighted by molar-refractivity contribution is 5.84. The number of hydrogen-bond acceptors (Lipinski definition) is 3. The van der Waals surface area contributed by atoms with Crippen LogP contribution < -0.4 is 0 Å². The summed E-state index contributed by atoms with van der Waals surface area (Å²) in [4.78, 5) is 4.58. The van der Waals surface area contributed by atoms with Crippen LogP contribution in [0.3, 0.4) is 0 Å². The molecule has 24 heavy (non-hydrogen) atoms. The number of aromatic nitrogens is 1. The molecule has 0 amide bonds. The summed E-state index contributed by atoms with van der Waals surface area (Å²) in [7, 11) is 0. The third-order valence-corrected chi connectivity index (χ3v) is 7.03. The Labute approximate surface area is 143 Å². The summed E-state index contributed by atoms with van der Waals surface area (Å²) in [5.41, 5.74) is 8.09. The van der Waals surface area contributed by atoms with Gasteiger partial charge in [-0.25, -0.2) is 4.98 Å². The minimum absolute atomic E-state index is 0.0234. The summed E-state index contributed by atoms with van der Waals surface area (Å²) in [5.74, 6) is 2.46. The molecule has 5 rings (SSSR count). The highest BCUT2D eigenvalue weighted by Gasteiger charge is 2.56. The first-order valence-electron chi connectivity index (χ1n) is 9.47. The van der Waals surface area contributed by atoms with Gasteiger partial charge < -0.3 is 9.15 Å². The Kier molecular flexibility index (Phi) is 2.88. The number of ether oxygens (including phenoxy) is 1. The standard InChI is InChI=1S/C21H27NO2/c1-10-6-7-13-11(2)8-14(20-21(4,5)24-20)16-12(3)18-19(23-9-22-18)15(10)17(13)16/h9-11,13-14,20H,6-8H2,1-5H3/t10-,11-,13+,14+,20?/m0/s1. The summed E-state index contributed by atoms with van der Waals surface area (Å²) in [6.07, 6.45) is 5.79. The van der Waals surface area contributed by atoms with E-state index in [-0.39, 0.29) is 5.60 Å². The maximum atomic E-state index is 6.11. The van der Waals surface area contributed by atoms with Crippen molar-refractivity contribution in [3.63, 3.8) is 0 Å². The van der Waals surface area contributed by atoms with E-state index in [2.05, 4.69) is 39.6 Å². The van der Waals surface area contributed by atoms with Crippen LogP contribution in [-0.2, 0) is 4.74 Å². The molecule has 1 unspecified atom stereocenters. The third-order valence-electron chi connectivity index (χ3n) is 7.03. The lowest BCUT2D eigenvalue weighted by Gasteiger charge is -2.42. The number of hydrogen-bond donors (Lipinski definition) is 0. The molecule has 2 heterocycles. The van der Waals surface area contributed by atoms with Gasteiger partial charge in [0.25, 0.3) is 0 Å². The predicted molar refractivity (Wildman–Crippen MR) is 94.6 cm³/mol. The molecule has 1 aromatic heterocycles. The number of epoxide rings is 1. The SMILES string of the molecule is Cc1c2c3c(c4ocnc14)[C@@H](C)CC[C@@H]3[C@@H](C)C[C@H]2C1OC1(C)C. The average molecular weight is 325 g/mol. The van der Waals surface area contributed by atoms with E-state index in [1.807, 2.05) is 0 Å². The highest BCUT2D eigenvalue weighted by Crippen LogP contribution is 2.59. The summed E-state index contributed by atoms with van der Waals surface area (Å²) in [5, 5.41) is 0. The van der Waals surface area contributed by atoms with Crippen molar-refractivity contribution in [2.75, 3.05) is 0 Å². The van der Waals surface area contributed by atoms with E-state index >= 15 is 0 Å². The van der Waals surface area contributed by atoms with Crippen LogP contribution in [0.1, 0.15) is 87.0 Å². The first-order valence-corrected chi connectivity index (χ1v) is 9.47. The van der Waals surface area contributed by atoms with Crippen molar-refractivity contribution in [1.29, 1.82) is 0 Å². The molecule has 2 aromatic rings. The fourth-order valence-corrected chi connectivity index (χ4v) is 5.77. The smallest absolute Gasteiger partial charge is 0.182 e. The molecule has 2 aliphatic carbocycles. The molecule has 1 aliphatic heterocycles. The fourth-order valence-electron chi connectivity index (χ4n) is 5.77. The predicted octanol–water partition coefficient (Wildman–Crippen LogP) is 5.42. The number of benzene rings is 1. The monoisotopic (exact) mass is 325 g/mol. The van der Waals surface area contributed by atoms with E-state index in [0.717, 1.165) is 11.1 Å². The third kappa shape index (κ3) is 1.79. The maximum absolute atomic E-state index is 6.11. The minimum Gasteiger partial charge on any atom is -0.443 e. The normalized spacial score (nSPS) is 36.6. The number of rotatable bonds is 1. The van der Waals surface area contributed by atoms with Crippen LogP contribution in [0.2, 0.25) is 0 Å². The molecule has 5 atom stereocenters. The number of nitrogens with zero attached hydrogens (tertiary/aromatic N) is 1. The van der Waals surface area contributed by atoms with E-state index in [4.69, 9.17) is 9.15 Å². The molecule has 1 aromatic carbocycles. The van der Waals surface area contributed by atoms with E-state index < -0.39 is 0 Å². The Hall–Kier alpha value is -1.35. The second kappa shape index (κ2) is 4.63. The molecular formula is C21H27NO2. The van der Waals surface area contributed by atoms with Gasteiger partial charge in [-0.15, -0.1) is 0 Å². The molecule has 1 saturated heterocycles. The van der Waals surface area contributed by atoms with Crippen LogP contribution in [0.25, 0.3) is 11.1 Å². The van der Waals surface area contributed by atoms with Gasteiger partial charge in [0, 0.05) is 11.5 Å². The second-order valence-corrected chi connectivity index (χ2v) is 8.94. The lowest BCUT2D eigenvalue weighted by molar-refractivity contribution is 0.268. The van der Waals surface area contributed by atoms with Crippen molar-refractivity contribution >= 4 is 11.1 Å². The van der Waals surface area contributed by atoms with Gasteiger partial charge in [0.2, 0.25) is 0 Å². The largest absolute Gasteiger partial charge is 0.443 e. The Morgan fingerprint density at radius 3 is 2.54 bits per heavy atom. The molecule has 0 bridgehead atoms. The lowest BCUT2D eigenvalue weighted by Crippen LogP contribution is -2.31. The van der Waals surface area contributed by atoms with Crippen molar-refractivity contribution in [3.8, 4) is 0 Å². The number of fused-ring (bicyclic) bond motifs is 2. The van der Waals surface area contributed by atoms with Crippen LogP contribution in [0.5, 0.6) is 0 Å². The molecule has 1 fully saturated rings. The first-order chi connectivity index (χ1) is 11.4.